The molecule has 0 amide bonds. The van der Waals surface area contributed by atoms with Crippen molar-refractivity contribution >= 4 is 27.7 Å². The molecule has 0 aliphatic heterocycles. The molecule has 1 aromatic carbocycles. The van der Waals surface area contributed by atoms with Crippen molar-refractivity contribution in [1.29, 1.82) is 0 Å². The highest BCUT2D eigenvalue weighted by Crippen LogP contribution is 2.24. The molecule has 1 unspecified atom stereocenters. The Morgan fingerprint density at radius 2 is 1.88 bits per heavy atom. The third kappa shape index (κ3) is 2.85. The molecule has 1 atom stereocenters. The number of carbonyl (C=O) groups is 2. The second kappa shape index (κ2) is 5.31. The van der Waals surface area contributed by atoms with Crippen LogP contribution in [0.4, 0.5) is 0 Å². The minimum absolute atomic E-state index is 0.0771. The Bertz CT molecular complexity index is 411. The molecule has 92 valence electrons. The van der Waals surface area contributed by atoms with Gasteiger partial charge in [0, 0.05) is 10.9 Å². The lowest BCUT2D eigenvalue weighted by Crippen LogP contribution is -2.50. The number of carboxylic acid groups (broad SMARTS) is 1. The predicted octanol–water partition coefficient (Wildman–Crippen LogP) is 2.65. The highest BCUT2D eigenvalue weighted by Gasteiger charge is 2.44. The summed E-state index contributed by atoms with van der Waals surface area (Å²) in [5.74, 6) is -1.43. The number of aliphatic carboxylic acids is 1. The van der Waals surface area contributed by atoms with E-state index in [1.54, 1.807) is 31.2 Å². The van der Waals surface area contributed by atoms with E-state index in [-0.39, 0.29) is 6.42 Å². The molecule has 4 nitrogen and oxygen atoms in total. The molecule has 17 heavy (non-hydrogen) atoms. The molecule has 0 fully saturated rings. The second-order valence-electron chi connectivity index (χ2n) is 3.60. The van der Waals surface area contributed by atoms with Gasteiger partial charge in [0.1, 0.15) is 5.75 Å². The van der Waals surface area contributed by atoms with Gasteiger partial charge >= 0.3 is 5.97 Å². The van der Waals surface area contributed by atoms with Gasteiger partial charge in [0.05, 0.1) is 0 Å². The normalized spacial score (nSPS) is 13.8. The summed E-state index contributed by atoms with van der Waals surface area (Å²) in [6.07, 6.45) is 0.0771. The van der Waals surface area contributed by atoms with Gasteiger partial charge in [0.15, 0.2) is 5.78 Å². The van der Waals surface area contributed by atoms with Crippen molar-refractivity contribution in [2.24, 2.45) is 0 Å². The topological polar surface area (TPSA) is 63.6 Å². The van der Waals surface area contributed by atoms with Crippen LogP contribution in [0.2, 0.25) is 0 Å². The van der Waals surface area contributed by atoms with Crippen molar-refractivity contribution in [3.05, 3.63) is 28.7 Å². The molecular weight excluding hydrogens is 288 g/mol. The van der Waals surface area contributed by atoms with Crippen LogP contribution >= 0.6 is 15.9 Å². The molecule has 0 aliphatic rings. The van der Waals surface area contributed by atoms with E-state index in [0.717, 1.165) is 4.47 Å². The number of ether oxygens (including phenoxy) is 1. The van der Waals surface area contributed by atoms with Crippen molar-refractivity contribution in [3.8, 4) is 5.75 Å². The van der Waals surface area contributed by atoms with Crippen molar-refractivity contribution in [2.45, 2.75) is 25.9 Å². The average Bonchev–Trinajstić information content (AvgIpc) is 2.27. The quantitative estimate of drug-likeness (QED) is 0.849. The first-order valence-electron chi connectivity index (χ1n) is 5.11. The Hall–Kier alpha value is -1.36. The average molecular weight is 301 g/mol. The zero-order valence-corrected chi connectivity index (χ0v) is 11.2. The van der Waals surface area contributed by atoms with Gasteiger partial charge in [-0.25, -0.2) is 4.79 Å². The van der Waals surface area contributed by atoms with Gasteiger partial charge in [-0.2, -0.15) is 0 Å². The lowest BCUT2D eigenvalue weighted by atomic mass is 9.96. The summed E-state index contributed by atoms with van der Waals surface area (Å²) in [6, 6.07) is 6.66. The minimum Gasteiger partial charge on any atom is -0.478 e. The fraction of sp³-hybridized carbons (Fsp3) is 0.333. The highest BCUT2D eigenvalue weighted by molar-refractivity contribution is 9.10. The van der Waals surface area contributed by atoms with Crippen LogP contribution in [-0.4, -0.2) is 22.5 Å². The number of Topliss-reactive ketones (excluding diaryl/α,β-unsaturated/α-hetero) is 1. The number of benzene rings is 1. The van der Waals surface area contributed by atoms with Crippen LogP contribution in [0.1, 0.15) is 20.3 Å². The molecule has 0 saturated heterocycles. The maximum Gasteiger partial charge on any atom is 0.355 e. The van der Waals surface area contributed by atoms with Gasteiger partial charge in [-0.3, -0.25) is 4.79 Å². The molecule has 0 radical (unpaired) electrons. The lowest BCUT2D eigenvalue weighted by Gasteiger charge is -2.26. The Kier molecular flexibility index (Phi) is 4.28. The van der Waals surface area contributed by atoms with E-state index in [9.17, 15) is 9.59 Å². The summed E-state index contributed by atoms with van der Waals surface area (Å²) in [5, 5.41) is 9.15. The standard InChI is InChI=1S/C12H13BrO4/c1-3-12(8(2)14,11(15)16)17-10-6-4-9(13)5-7-10/h4-7H,3H2,1-2H3,(H,15,16). The number of rotatable bonds is 5. The van der Waals surface area contributed by atoms with E-state index in [1.807, 2.05) is 0 Å². The Morgan fingerprint density at radius 1 is 1.35 bits per heavy atom. The maximum absolute atomic E-state index is 11.5. The molecule has 1 aromatic rings. The summed E-state index contributed by atoms with van der Waals surface area (Å²) in [5.41, 5.74) is -1.80. The molecular formula is C12H13BrO4. The van der Waals surface area contributed by atoms with Crippen molar-refractivity contribution < 1.29 is 19.4 Å². The summed E-state index contributed by atoms with van der Waals surface area (Å²) < 4.78 is 6.21. The summed E-state index contributed by atoms with van der Waals surface area (Å²) in [6.45, 7) is 2.82. The first-order chi connectivity index (χ1) is 7.92. The van der Waals surface area contributed by atoms with Crippen LogP contribution in [0, 0.1) is 0 Å². The molecule has 0 aromatic heterocycles. The number of hydrogen-bond acceptors (Lipinski definition) is 3. The number of carboxylic acids is 1. The fourth-order valence-electron chi connectivity index (χ4n) is 1.44. The van der Waals surface area contributed by atoms with Gasteiger partial charge in [-0.05, 0) is 31.2 Å². The zero-order chi connectivity index (χ0) is 13.1. The first kappa shape index (κ1) is 13.7. The lowest BCUT2D eigenvalue weighted by molar-refractivity contribution is -0.161. The van der Waals surface area contributed by atoms with E-state index in [4.69, 9.17) is 9.84 Å². The molecule has 0 spiro atoms. The third-order valence-electron chi connectivity index (χ3n) is 2.52. The van der Waals surface area contributed by atoms with Gasteiger partial charge in [0.25, 0.3) is 5.60 Å². The van der Waals surface area contributed by atoms with Gasteiger partial charge in [0.2, 0.25) is 0 Å². The number of halogens is 1. The summed E-state index contributed by atoms with van der Waals surface area (Å²) in [4.78, 5) is 22.7. The van der Waals surface area contributed by atoms with E-state index >= 15 is 0 Å². The number of hydrogen-bond donors (Lipinski definition) is 1. The van der Waals surface area contributed by atoms with Gasteiger partial charge < -0.3 is 9.84 Å². The summed E-state index contributed by atoms with van der Waals surface area (Å²) in [7, 11) is 0. The minimum atomic E-state index is -1.80. The predicted molar refractivity (Wildman–Crippen MR) is 66.1 cm³/mol. The third-order valence-corrected chi connectivity index (χ3v) is 3.05. The van der Waals surface area contributed by atoms with Crippen LogP contribution in [0.3, 0.4) is 0 Å². The molecule has 1 rings (SSSR count). The van der Waals surface area contributed by atoms with E-state index in [1.165, 1.54) is 6.92 Å². The second-order valence-corrected chi connectivity index (χ2v) is 4.51. The van der Waals surface area contributed by atoms with Crippen molar-refractivity contribution in [1.82, 2.24) is 0 Å². The Labute approximate surface area is 108 Å². The largest absolute Gasteiger partial charge is 0.478 e. The molecule has 0 aliphatic carbocycles. The fourth-order valence-corrected chi connectivity index (χ4v) is 1.71. The maximum atomic E-state index is 11.5. The number of carbonyl (C=O) groups excluding carboxylic acids is 1. The van der Waals surface area contributed by atoms with Crippen LogP contribution in [0.15, 0.2) is 28.7 Å². The van der Waals surface area contributed by atoms with E-state index in [2.05, 4.69) is 15.9 Å². The molecule has 0 saturated carbocycles. The molecule has 5 heteroatoms. The highest BCUT2D eigenvalue weighted by atomic mass is 79.9. The van der Waals surface area contributed by atoms with Crippen LogP contribution in [0.5, 0.6) is 5.75 Å². The van der Waals surface area contributed by atoms with Gasteiger partial charge in [-0.1, -0.05) is 22.9 Å². The molecule has 1 N–H and O–H groups in total. The smallest absolute Gasteiger partial charge is 0.355 e. The summed E-state index contributed by atoms with van der Waals surface area (Å²) >= 11 is 3.26. The monoisotopic (exact) mass is 300 g/mol. The molecule has 0 bridgehead atoms. The number of ketones is 1. The van der Waals surface area contributed by atoms with Crippen molar-refractivity contribution in [3.63, 3.8) is 0 Å². The van der Waals surface area contributed by atoms with Crippen molar-refractivity contribution in [2.75, 3.05) is 0 Å². The van der Waals surface area contributed by atoms with Crippen LogP contribution in [-0.2, 0) is 9.59 Å². The van der Waals surface area contributed by atoms with Crippen LogP contribution in [0.25, 0.3) is 0 Å². The van der Waals surface area contributed by atoms with E-state index in [0.29, 0.717) is 5.75 Å². The Morgan fingerprint density at radius 3 is 2.24 bits per heavy atom. The van der Waals surface area contributed by atoms with E-state index < -0.39 is 17.4 Å². The van der Waals surface area contributed by atoms with Crippen LogP contribution < -0.4 is 4.74 Å². The zero-order valence-electron chi connectivity index (χ0n) is 9.57. The molecule has 0 heterocycles. The van der Waals surface area contributed by atoms with Gasteiger partial charge in [-0.15, -0.1) is 0 Å². The first-order valence-corrected chi connectivity index (χ1v) is 5.90. The Balaban J connectivity index is 3.06. The SMILES string of the molecule is CCC(Oc1ccc(Br)cc1)(C(C)=O)C(=O)O.